The summed E-state index contributed by atoms with van der Waals surface area (Å²) >= 11 is 3.52. The molecule has 3 aromatic rings. The van der Waals surface area contributed by atoms with Crippen molar-refractivity contribution >= 4 is 44.7 Å². The molecule has 2 aromatic carbocycles. The first-order chi connectivity index (χ1) is 13.6. The van der Waals surface area contributed by atoms with Gasteiger partial charge in [0, 0.05) is 21.5 Å². The third-order valence-electron chi connectivity index (χ3n) is 5.13. The van der Waals surface area contributed by atoms with E-state index in [1.54, 1.807) is 7.11 Å². The fourth-order valence-electron chi connectivity index (χ4n) is 3.43. The van der Waals surface area contributed by atoms with Gasteiger partial charge in [-0.2, -0.15) is 0 Å². The highest BCUT2D eigenvalue weighted by Crippen LogP contribution is 2.38. The lowest BCUT2D eigenvalue weighted by molar-refractivity contribution is -0.105. The van der Waals surface area contributed by atoms with Gasteiger partial charge in [-0.15, -0.1) is 10.2 Å². The van der Waals surface area contributed by atoms with Gasteiger partial charge in [0.25, 0.3) is 0 Å². The van der Waals surface area contributed by atoms with Crippen molar-refractivity contribution in [2.75, 3.05) is 17.7 Å². The lowest BCUT2D eigenvalue weighted by atomic mass is 10.0. The monoisotopic (exact) mass is 440 g/mol. The number of hydrogen-bond acceptors (Lipinski definition) is 5. The molecule has 0 radical (unpaired) electrons. The average molecular weight is 441 g/mol. The molecule has 0 saturated heterocycles. The fourth-order valence-corrected chi connectivity index (χ4v) is 3.79. The van der Waals surface area contributed by atoms with Gasteiger partial charge in [-0.05, 0) is 61.6 Å². The first kappa shape index (κ1) is 18.7. The lowest BCUT2D eigenvalue weighted by Crippen LogP contribution is -2.19. The summed E-state index contributed by atoms with van der Waals surface area (Å²) < 4.78 is 6.48. The van der Waals surface area contributed by atoms with Gasteiger partial charge in [0.1, 0.15) is 5.75 Å². The molecule has 1 aliphatic carbocycles. The summed E-state index contributed by atoms with van der Waals surface area (Å²) in [6.45, 7) is 2.16. The van der Waals surface area contributed by atoms with Crippen LogP contribution in [0.4, 0.5) is 11.5 Å². The quantitative estimate of drug-likeness (QED) is 0.513. The highest BCUT2D eigenvalue weighted by molar-refractivity contribution is 9.10. The van der Waals surface area contributed by atoms with Crippen LogP contribution in [-0.2, 0) is 4.79 Å². The topological polar surface area (TPSA) is 76.1 Å². The predicted octanol–water partition coefficient (Wildman–Crippen LogP) is 4.85. The molecule has 1 aromatic heterocycles. The molecule has 1 aliphatic rings. The van der Waals surface area contributed by atoms with E-state index in [1.807, 2.05) is 36.4 Å². The Hall–Kier alpha value is -2.67. The Kier molecular flexibility index (Phi) is 5.17. The number of nitrogens with zero attached hydrogens (tertiary/aromatic N) is 2. The van der Waals surface area contributed by atoms with Gasteiger partial charge >= 0.3 is 0 Å². The molecule has 0 unspecified atom stereocenters. The summed E-state index contributed by atoms with van der Waals surface area (Å²) in [5.74, 6) is 1.90. The minimum Gasteiger partial charge on any atom is -0.496 e. The molecular formula is C21H21BrN4O2. The van der Waals surface area contributed by atoms with Gasteiger partial charge in [0.05, 0.1) is 18.3 Å². The van der Waals surface area contributed by atoms with E-state index < -0.39 is 0 Å². The number of methoxy groups -OCH3 is 1. The van der Waals surface area contributed by atoms with E-state index in [2.05, 4.69) is 43.7 Å². The van der Waals surface area contributed by atoms with Gasteiger partial charge < -0.3 is 15.4 Å². The van der Waals surface area contributed by atoms with E-state index in [1.165, 1.54) is 12.8 Å². The second kappa shape index (κ2) is 7.75. The predicted molar refractivity (Wildman–Crippen MR) is 115 cm³/mol. The Morgan fingerprint density at radius 1 is 1.21 bits per heavy atom. The summed E-state index contributed by atoms with van der Waals surface area (Å²) in [5, 5.41) is 15.7. The van der Waals surface area contributed by atoms with E-state index in [9.17, 15) is 4.79 Å². The first-order valence-corrected chi connectivity index (χ1v) is 10.0. The van der Waals surface area contributed by atoms with Gasteiger partial charge in [-0.3, -0.25) is 4.79 Å². The van der Waals surface area contributed by atoms with Crippen LogP contribution in [0.25, 0.3) is 22.0 Å². The molecule has 2 N–H and O–H groups in total. The molecule has 0 spiro atoms. The van der Waals surface area contributed by atoms with Crippen LogP contribution in [0.15, 0.2) is 40.9 Å². The number of ether oxygens (including phenoxy) is 1. The van der Waals surface area contributed by atoms with E-state index in [0.717, 1.165) is 37.9 Å². The Bertz CT molecular complexity index is 1040. The molecule has 28 heavy (non-hydrogen) atoms. The maximum atomic E-state index is 11.0. The fraction of sp³-hybridized carbons (Fsp3) is 0.286. The third kappa shape index (κ3) is 3.67. The van der Waals surface area contributed by atoms with E-state index >= 15 is 0 Å². The second-order valence-electron chi connectivity index (χ2n) is 7.03. The summed E-state index contributed by atoms with van der Waals surface area (Å²) in [6, 6.07) is 12.2. The molecule has 1 amide bonds. The molecule has 144 valence electrons. The van der Waals surface area contributed by atoms with Crippen molar-refractivity contribution in [1.82, 2.24) is 10.2 Å². The van der Waals surface area contributed by atoms with Crippen LogP contribution in [0, 0.1) is 5.92 Å². The molecule has 0 aliphatic heterocycles. The van der Waals surface area contributed by atoms with Crippen molar-refractivity contribution in [3.63, 3.8) is 0 Å². The number of halogens is 1. The maximum Gasteiger partial charge on any atom is 0.212 e. The largest absolute Gasteiger partial charge is 0.496 e. The van der Waals surface area contributed by atoms with Gasteiger partial charge in [0.2, 0.25) is 6.41 Å². The van der Waals surface area contributed by atoms with Crippen molar-refractivity contribution < 1.29 is 9.53 Å². The van der Waals surface area contributed by atoms with Crippen molar-refractivity contribution in [3.05, 3.63) is 40.9 Å². The molecule has 1 saturated carbocycles. The Morgan fingerprint density at radius 2 is 2.04 bits per heavy atom. The van der Waals surface area contributed by atoms with Crippen molar-refractivity contribution in [2.24, 2.45) is 5.92 Å². The highest BCUT2D eigenvalue weighted by atomic mass is 79.9. The van der Waals surface area contributed by atoms with E-state index in [4.69, 9.17) is 4.74 Å². The normalized spacial score (nSPS) is 14.5. The van der Waals surface area contributed by atoms with Crippen LogP contribution in [-0.4, -0.2) is 29.8 Å². The summed E-state index contributed by atoms with van der Waals surface area (Å²) in [5.41, 5.74) is 3.51. The number of benzene rings is 2. The molecule has 1 heterocycles. The zero-order chi connectivity index (χ0) is 19.7. The van der Waals surface area contributed by atoms with Crippen molar-refractivity contribution in [1.29, 1.82) is 0 Å². The average Bonchev–Trinajstić information content (AvgIpc) is 3.55. The number of carbonyl (C=O) groups is 1. The highest BCUT2D eigenvalue weighted by Gasteiger charge is 2.29. The number of nitrogens with one attached hydrogen (secondary N) is 2. The molecule has 7 heteroatoms. The maximum absolute atomic E-state index is 11.0. The summed E-state index contributed by atoms with van der Waals surface area (Å²) in [6.07, 6.45) is 3.09. The SMILES string of the molecule is COc1ccc(Br)cc1-c1ccc2c(N[C@H](C)C3CC3)c(NC=O)nnc2c1. The van der Waals surface area contributed by atoms with Crippen LogP contribution in [0.5, 0.6) is 5.75 Å². The summed E-state index contributed by atoms with van der Waals surface area (Å²) in [4.78, 5) is 11.0. The zero-order valence-corrected chi connectivity index (χ0v) is 17.3. The number of aromatic nitrogens is 2. The molecule has 6 nitrogen and oxygen atoms in total. The number of carbonyl (C=O) groups excluding carboxylic acids is 1. The molecule has 4 rings (SSSR count). The van der Waals surface area contributed by atoms with E-state index in [0.29, 0.717) is 24.2 Å². The number of hydrogen-bond donors (Lipinski definition) is 2. The number of anilines is 2. The first-order valence-electron chi connectivity index (χ1n) is 9.21. The summed E-state index contributed by atoms with van der Waals surface area (Å²) in [7, 11) is 1.66. The number of fused-ring (bicyclic) bond motifs is 1. The standard InChI is InChI=1S/C21H21BrN4O2/c1-12(13-3-4-13)24-20-16-7-5-14(9-18(16)25-26-21(20)23-11-27)17-10-15(22)6-8-19(17)28-2/h5-13H,3-4H2,1-2H3,(H,24,25)(H,23,26,27)/t12-/m1/s1. The molecule has 0 bridgehead atoms. The van der Waals surface area contributed by atoms with E-state index in [-0.39, 0.29) is 0 Å². The third-order valence-corrected chi connectivity index (χ3v) is 5.62. The molecular weight excluding hydrogens is 420 g/mol. The molecule has 1 fully saturated rings. The smallest absolute Gasteiger partial charge is 0.212 e. The van der Waals surface area contributed by atoms with Crippen molar-refractivity contribution in [2.45, 2.75) is 25.8 Å². The Balaban J connectivity index is 1.81. The minimum atomic E-state index is 0.310. The lowest BCUT2D eigenvalue weighted by Gasteiger charge is -2.18. The Morgan fingerprint density at radius 3 is 2.75 bits per heavy atom. The van der Waals surface area contributed by atoms with Crippen LogP contribution in [0.1, 0.15) is 19.8 Å². The van der Waals surface area contributed by atoms with Crippen molar-refractivity contribution in [3.8, 4) is 16.9 Å². The van der Waals surface area contributed by atoms with Gasteiger partial charge in [-0.25, -0.2) is 0 Å². The van der Waals surface area contributed by atoms with Gasteiger partial charge in [0.15, 0.2) is 5.82 Å². The van der Waals surface area contributed by atoms with Crippen LogP contribution in [0.3, 0.4) is 0 Å². The van der Waals surface area contributed by atoms with Crippen LogP contribution in [0.2, 0.25) is 0 Å². The zero-order valence-electron chi connectivity index (χ0n) is 15.7. The minimum absolute atomic E-state index is 0.310. The van der Waals surface area contributed by atoms with Crippen LogP contribution >= 0.6 is 15.9 Å². The second-order valence-corrected chi connectivity index (χ2v) is 7.95. The van der Waals surface area contributed by atoms with Gasteiger partial charge in [-0.1, -0.05) is 22.0 Å². The van der Waals surface area contributed by atoms with Crippen LogP contribution < -0.4 is 15.4 Å². The number of amides is 1. The number of rotatable bonds is 7. The molecule has 1 atom stereocenters. The Labute approximate surface area is 171 Å².